The quantitative estimate of drug-likeness (QED) is 0.851. The maximum atomic E-state index is 10.3. The summed E-state index contributed by atoms with van der Waals surface area (Å²) in [7, 11) is 0. The van der Waals surface area contributed by atoms with Gasteiger partial charge in [0.25, 0.3) is 0 Å². The highest BCUT2D eigenvalue weighted by Gasteiger charge is 2.39. The zero-order valence-corrected chi connectivity index (χ0v) is 12.1. The fourth-order valence-electron chi connectivity index (χ4n) is 4.05. The normalized spacial score (nSPS) is 32.0. The first kappa shape index (κ1) is 12.7. The minimum atomic E-state index is -0.113. The molecule has 18 heavy (non-hydrogen) atoms. The molecule has 1 heterocycles. The Kier molecular flexibility index (Phi) is 3.76. The lowest BCUT2D eigenvalue weighted by molar-refractivity contribution is 0.125. The first-order valence-corrected chi connectivity index (χ1v) is 8.32. The number of hydrogen-bond acceptors (Lipinski definition) is 2. The van der Waals surface area contributed by atoms with Gasteiger partial charge in [0, 0.05) is 16.2 Å². The maximum Gasteiger partial charge on any atom is 0.0591 e. The number of aliphatic hydroxyl groups is 1. The predicted octanol–water partition coefficient (Wildman–Crippen LogP) is 4.04. The maximum absolute atomic E-state index is 10.3. The SMILES string of the molecule is CCc1ccc(CC(O)CC2CC3CCC2C3)s1. The molecule has 0 saturated heterocycles. The topological polar surface area (TPSA) is 20.2 Å². The van der Waals surface area contributed by atoms with Gasteiger partial charge in [-0.3, -0.25) is 0 Å². The van der Waals surface area contributed by atoms with Crippen molar-refractivity contribution in [1.29, 1.82) is 0 Å². The van der Waals surface area contributed by atoms with Crippen LogP contribution in [0.1, 0.15) is 48.8 Å². The molecule has 100 valence electrons. The molecule has 2 aliphatic carbocycles. The van der Waals surface area contributed by atoms with E-state index in [2.05, 4.69) is 19.1 Å². The second-order valence-corrected chi connectivity index (χ2v) is 7.50. The van der Waals surface area contributed by atoms with Crippen molar-refractivity contribution in [3.63, 3.8) is 0 Å². The van der Waals surface area contributed by atoms with E-state index in [4.69, 9.17) is 0 Å². The third kappa shape index (κ3) is 2.65. The molecule has 0 amide bonds. The van der Waals surface area contributed by atoms with Gasteiger partial charge in [0.1, 0.15) is 0 Å². The van der Waals surface area contributed by atoms with Gasteiger partial charge in [0.2, 0.25) is 0 Å². The van der Waals surface area contributed by atoms with Crippen LogP contribution in [0.25, 0.3) is 0 Å². The Hall–Kier alpha value is -0.340. The number of rotatable bonds is 5. The zero-order chi connectivity index (χ0) is 12.5. The Morgan fingerprint density at radius 2 is 2.11 bits per heavy atom. The van der Waals surface area contributed by atoms with Crippen LogP contribution >= 0.6 is 11.3 Å². The van der Waals surface area contributed by atoms with Crippen molar-refractivity contribution in [2.45, 2.75) is 58.0 Å². The summed E-state index contributed by atoms with van der Waals surface area (Å²) in [5.41, 5.74) is 0. The molecule has 1 aromatic rings. The van der Waals surface area contributed by atoms with Crippen LogP contribution in [-0.4, -0.2) is 11.2 Å². The standard InChI is InChI=1S/C16H24OS/c1-2-15-5-6-16(18-15)10-14(17)9-13-8-11-3-4-12(13)7-11/h5-6,11-14,17H,2-4,7-10H2,1H3. The van der Waals surface area contributed by atoms with Gasteiger partial charge >= 0.3 is 0 Å². The molecule has 1 aromatic heterocycles. The van der Waals surface area contributed by atoms with Gasteiger partial charge in [-0.1, -0.05) is 13.3 Å². The molecule has 4 atom stereocenters. The summed E-state index contributed by atoms with van der Waals surface area (Å²) in [6.45, 7) is 2.20. The van der Waals surface area contributed by atoms with Crippen LogP contribution in [0.3, 0.4) is 0 Å². The van der Waals surface area contributed by atoms with Crippen LogP contribution in [0.15, 0.2) is 12.1 Å². The van der Waals surface area contributed by atoms with Crippen molar-refractivity contribution in [1.82, 2.24) is 0 Å². The van der Waals surface area contributed by atoms with Gasteiger partial charge in [0.05, 0.1) is 6.10 Å². The molecule has 0 aromatic carbocycles. The molecule has 2 saturated carbocycles. The molecule has 2 fully saturated rings. The minimum Gasteiger partial charge on any atom is -0.393 e. The van der Waals surface area contributed by atoms with Crippen LogP contribution in [-0.2, 0) is 12.8 Å². The van der Waals surface area contributed by atoms with Crippen molar-refractivity contribution in [3.8, 4) is 0 Å². The second kappa shape index (κ2) is 5.34. The van der Waals surface area contributed by atoms with E-state index < -0.39 is 0 Å². The molecular weight excluding hydrogens is 240 g/mol. The molecular formula is C16H24OS. The molecule has 1 nitrogen and oxygen atoms in total. The summed E-state index contributed by atoms with van der Waals surface area (Å²) < 4.78 is 0. The molecule has 2 aliphatic rings. The second-order valence-electron chi connectivity index (χ2n) is 6.25. The molecule has 3 rings (SSSR count). The average molecular weight is 264 g/mol. The highest BCUT2D eigenvalue weighted by molar-refractivity contribution is 7.11. The number of thiophene rings is 1. The molecule has 2 heteroatoms. The van der Waals surface area contributed by atoms with Crippen LogP contribution in [0, 0.1) is 17.8 Å². The smallest absolute Gasteiger partial charge is 0.0591 e. The molecule has 2 bridgehead atoms. The van der Waals surface area contributed by atoms with E-state index in [1.807, 2.05) is 11.3 Å². The van der Waals surface area contributed by atoms with Crippen LogP contribution in [0.2, 0.25) is 0 Å². The monoisotopic (exact) mass is 264 g/mol. The van der Waals surface area contributed by atoms with E-state index in [9.17, 15) is 5.11 Å². The lowest BCUT2D eigenvalue weighted by atomic mass is 9.84. The average Bonchev–Trinajstić information content (AvgIpc) is 3.04. The lowest BCUT2D eigenvalue weighted by Crippen LogP contribution is -2.19. The molecule has 0 radical (unpaired) electrons. The molecule has 0 spiro atoms. The Morgan fingerprint density at radius 1 is 1.28 bits per heavy atom. The van der Waals surface area contributed by atoms with Gasteiger partial charge in [-0.2, -0.15) is 0 Å². The Balaban J connectivity index is 1.51. The number of aryl methyl sites for hydroxylation is 1. The lowest BCUT2D eigenvalue weighted by Gasteiger charge is -2.23. The summed E-state index contributed by atoms with van der Waals surface area (Å²) in [6, 6.07) is 4.41. The van der Waals surface area contributed by atoms with Crippen molar-refractivity contribution in [3.05, 3.63) is 21.9 Å². The Morgan fingerprint density at radius 3 is 2.72 bits per heavy atom. The third-order valence-corrected chi connectivity index (χ3v) is 6.21. The largest absolute Gasteiger partial charge is 0.393 e. The zero-order valence-electron chi connectivity index (χ0n) is 11.3. The van der Waals surface area contributed by atoms with Crippen LogP contribution in [0.5, 0.6) is 0 Å². The van der Waals surface area contributed by atoms with Gasteiger partial charge in [-0.05, 0) is 62.0 Å². The Bertz CT molecular complexity index is 398. The number of fused-ring (bicyclic) bond motifs is 2. The molecule has 4 unspecified atom stereocenters. The first-order chi connectivity index (χ1) is 8.74. The van der Waals surface area contributed by atoms with Crippen molar-refractivity contribution in [2.75, 3.05) is 0 Å². The number of aliphatic hydroxyl groups excluding tert-OH is 1. The summed E-state index contributed by atoms with van der Waals surface area (Å²) in [5, 5.41) is 10.3. The van der Waals surface area contributed by atoms with E-state index in [0.29, 0.717) is 0 Å². The predicted molar refractivity (Wildman–Crippen MR) is 77.0 cm³/mol. The number of hydrogen-bond donors (Lipinski definition) is 1. The van der Waals surface area contributed by atoms with Gasteiger partial charge < -0.3 is 5.11 Å². The summed E-state index contributed by atoms with van der Waals surface area (Å²) in [5.74, 6) is 2.77. The van der Waals surface area contributed by atoms with E-state index in [1.54, 1.807) is 0 Å². The van der Waals surface area contributed by atoms with Crippen LogP contribution in [0.4, 0.5) is 0 Å². The van der Waals surface area contributed by atoms with Crippen molar-refractivity contribution < 1.29 is 5.11 Å². The van der Waals surface area contributed by atoms with E-state index in [1.165, 1.54) is 35.4 Å². The summed E-state index contributed by atoms with van der Waals surface area (Å²) in [6.07, 6.45) is 8.66. The molecule has 1 N–H and O–H groups in total. The fraction of sp³-hybridized carbons (Fsp3) is 0.750. The highest BCUT2D eigenvalue weighted by atomic mass is 32.1. The van der Waals surface area contributed by atoms with Crippen LogP contribution < -0.4 is 0 Å². The van der Waals surface area contributed by atoms with Gasteiger partial charge in [-0.25, -0.2) is 0 Å². The minimum absolute atomic E-state index is 0.113. The fourth-order valence-corrected chi connectivity index (χ4v) is 5.08. The Labute approximate surface area is 114 Å². The van der Waals surface area contributed by atoms with Crippen molar-refractivity contribution in [2.24, 2.45) is 17.8 Å². The van der Waals surface area contributed by atoms with E-state index in [0.717, 1.165) is 37.0 Å². The third-order valence-electron chi connectivity index (χ3n) is 4.96. The summed E-state index contributed by atoms with van der Waals surface area (Å²) in [4.78, 5) is 2.81. The molecule has 0 aliphatic heterocycles. The van der Waals surface area contributed by atoms with Gasteiger partial charge in [-0.15, -0.1) is 11.3 Å². The van der Waals surface area contributed by atoms with E-state index >= 15 is 0 Å². The highest BCUT2D eigenvalue weighted by Crippen LogP contribution is 2.50. The van der Waals surface area contributed by atoms with Crippen molar-refractivity contribution >= 4 is 11.3 Å². The van der Waals surface area contributed by atoms with Gasteiger partial charge in [0.15, 0.2) is 0 Å². The first-order valence-electron chi connectivity index (χ1n) is 7.50. The summed E-state index contributed by atoms with van der Waals surface area (Å²) >= 11 is 1.87. The van der Waals surface area contributed by atoms with E-state index in [-0.39, 0.29) is 6.10 Å².